The van der Waals surface area contributed by atoms with Gasteiger partial charge in [0.15, 0.2) is 0 Å². The third kappa shape index (κ3) is 4.90. The summed E-state index contributed by atoms with van der Waals surface area (Å²) >= 11 is 1.36. The molecule has 0 spiro atoms. The van der Waals surface area contributed by atoms with Crippen LogP contribution in [0.4, 0.5) is 16.0 Å². The van der Waals surface area contributed by atoms with E-state index in [1.807, 2.05) is 34.5 Å². The summed E-state index contributed by atoms with van der Waals surface area (Å²) in [5.41, 5.74) is 2.00. The molecule has 2 aromatic heterocycles. The highest BCUT2D eigenvalue weighted by Gasteiger charge is 2.29. The average molecular weight is 493 g/mol. The van der Waals surface area contributed by atoms with Gasteiger partial charge in [-0.05, 0) is 54.1 Å². The molecule has 5 rings (SSSR count). The maximum absolute atomic E-state index is 13.4. The number of nitrogens with zero attached hydrogens (tertiary/aromatic N) is 3. The number of ether oxygens (including phenoxy) is 1. The molecule has 0 aliphatic carbocycles. The van der Waals surface area contributed by atoms with E-state index in [-0.39, 0.29) is 29.7 Å². The number of benzene rings is 2. The van der Waals surface area contributed by atoms with Crippen molar-refractivity contribution in [1.29, 1.82) is 0 Å². The van der Waals surface area contributed by atoms with E-state index in [4.69, 9.17) is 9.72 Å². The zero-order valence-corrected chi connectivity index (χ0v) is 20.1. The van der Waals surface area contributed by atoms with Crippen molar-refractivity contribution in [1.82, 2.24) is 9.55 Å². The molecule has 0 bridgehead atoms. The molecule has 35 heavy (non-hydrogen) atoms. The van der Waals surface area contributed by atoms with Crippen LogP contribution in [0.2, 0.25) is 0 Å². The predicted molar refractivity (Wildman–Crippen MR) is 136 cm³/mol. The van der Waals surface area contributed by atoms with Crippen LogP contribution in [0.1, 0.15) is 18.4 Å². The largest absolute Gasteiger partial charge is 0.497 e. The van der Waals surface area contributed by atoms with Gasteiger partial charge in [-0.2, -0.15) is 0 Å². The highest BCUT2D eigenvalue weighted by molar-refractivity contribution is 7.17. The Kier molecular flexibility index (Phi) is 6.50. The molecule has 2 aromatic carbocycles. The van der Waals surface area contributed by atoms with Crippen molar-refractivity contribution in [3.63, 3.8) is 0 Å². The van der Waals surface area contributed by atoms with Crippen LogP contribution in [0.15, 0.2) is 64.8 Å². The topological polar surface area (TPSA) is 76.5 Å². The zero-order chi connectivity index (χ0) is 24.4. The van der Waals surface area contributed by atoms with Gasteiger partial charge in [0, 0.05) is 24.8 Å². The lowest BCUT2D eigenvalue weighted by Gasteiger charge is -2.34. The average Bonchev–Trinajstić information content (AvgIpc) is 3.36. The Morgan fingerprint density at radius 2 is 2.06 bits per heavy atom. The highest BCUT2D eigenvalue weighted by atomic mass is 32.1. The predicted octanol–water partition coefficient (Wildman–Crippen LogP) is 4.51. The van der Waals surface area contributed by atoms with Gasteiger partial charge in [0.2, 0.25) is 11.9 Å². The fourth-order valence-corrected chi connectivity index (χ4v) is 5.18. The minimum atomic E-state index is -0.325. The van der Waals surface area contributed by atoms with E-state index >= 15 is 0 Å². The van der Waals surface area contributed by atoms with Crippen LogP contribution >= 0.6 is 11.3 Å². The van der Waals surface area contributed by atoms with Gasteiger partial charge < -0.3 is 15.0 Å². The number of aromatic nitrogens is 2. The minimum absolute atomic E-state index is 0.0769. The summed E-state index contributed by atoms with van der Waals surface area (Å²) < 4.78 is 20.9. The highest BCUT2D eigenvalue weighted by Crippen LogP contribution is 2.26. The number of hydrogen-bond acceptors (Lipinski definition) is 6. The normalized spacial score (nSPS) is 15.8. The van der Waals surface area contributed by atoms with Crippen LogP contribution in [-0.2, 0) is 11.3 Å². The lowest BCUT2D eigenvalue weighted by molar-refractivity contribution is -0.120. The minimum Gasteiger partial charge on any atom is -0.497 e. The number of fused-ring (bicyclic) bond motifs is 1. The Balaban J connectivity index is 1.43. The summed E-state index contributed by atoms with van der Waals surface area (Å²) in [6.07, 6.45) is 1.54. The summed E-state index contributed by atoms with van der Waals surface area (Å²) in [5, 5.41) is 4.84. The molecular weight excluding hydrogens is 467 g/mol. The van der Waals surface area contributed by atoms with Crippen molar-refractivity contribution >= 4 is 39.1 Å². The SMILES string of the molecule is COc1cccc(NC(=O)C2CCCN(c3nc4ccsc4c(=O)n3Cc3ccc(F)cc3)C2)c1. The van der Waals surface area contributed by atoms with Crippen molar-refractivity contribution in [3.05, 3.63) is 81.7 Å². The van der Waals surface area contributed by atoms with Crippen LogP contribution in [0.3, 0.4) is 0 Å². The van der Waals surface area contributed by atoms with E-state index in [1.165, 1.54) is 23.5 Å². The number of rotatable bonds is 6. The first-order valence-electron chi connectivity index (χ1n) is 11.4. The second-order valence-corrected chi connectivity index (χ2v) is 9.49. The van der Waals surface area contributed by atoms with Gasteiger partial charge in [-0.15, -0.1) is 11.3 Å². The number of nitrogens with one attached hydrogen (secondary N) is 1. The van der Waals surface area contributed by atoms with E-state index in [1.54, 1.807) is 29.9 Å². The van der Waals surface area contributed by atoms with E-state index in [2.05, 4.69) is 5.32 Å². The van der Waals surface area contributed by atoms with E-state index < -0.39 is 0 Å². The number of amides is 1. The molecule has 1 unspecified atom stereocenters. The van der Waals surface area contributed by atoms with Crippen LogP contribution in [0, 0.1) is 11.7 Å². The molecule has 3 heterocycles. The van der Waals surface area contributed by atoms with Crippen molar-refractivity contribution in [2.45, 2.75) is 19.4 Å². The van der Waals surface area contributed by atoms with E-state index in [0.29, 0.717) is 40.7 Å². The number of thiophene rings is 1. The molecule has 0 saturated carbocycles. The Morgan fingerprint density at radius 3 is 2.86 bits per heavy atom. The quantitative estimate of drug-likeness (QED) is 0.429. The van der Waals surface area contributed by atoms with Crippen molar-refractivity contribution in [2.75, 3.05) is 30.4 Å². The monoisotopic (exact) mass is 492 g/mol. The summed E-state index contributed by atoms with van der Waals surface area (Å²) in [4.78, 5) is 33.3. The number of halogens is 1. The van der Waals surface area contributed by atoms with Gasteiger partial charge in [0.05, 0.1) is 25.1 Å². The van der Waals surface area contributed by atoms with Gasteiger partial charge >= 0.3 is 0 Å². The summed E-state index contributed by atoms with van der Waals surface area (Å²) in [6.45, 7) is 1.40. The van der Waals surface area contributed by atoms with Crippen molar-refractivity contribution < 1.29 is 13.9 Å². The molecule has 1 atom stereocenters. The molecule has 1 fully saturated rings. The molecule has 7 nitrogen and oxygen atoms in total. The number of methoxy groups -OCH3 is 1. The molecule has 4 aromatic rings. The second kappa shape index (κ2) is 9.87. The number of carbonyl (C=O) groups is 1. The fourth-order valence-electron chi connectivity index (χ4n) is 4.41. The molecule has 1 aliphatic heterocycles. The van der Waals surface area contributed by atoms with E-state index in [0.717, 1.165) is 18.4 Å². The molecule has 0 radical (unpaired) electrons. The van der Waals surface area contributed by atoms with Gasteiger partial charge in [-0.1, -0.05) is 18.2 Å². The van der Waals surface area contributed by atoms with Gasteiger partial charge in [-0.25, -0.2) is 9.37 Å². The lowest BCUT2D eigenvalue weighted by atomic mass is 9.97. The lowest BCUT2D eigenvalue weighted by Crippen LogP contribution is -2.43. The third-order valence-corrected chi connectivity index (χ3v) is 7.10. The van der Waals surface area contributed by atoms with Gasteiger partial charge in [-0.3, -0.25) is 14.2 Å². The summed E-state index contributed by atoms with van der Waals surface area (Å²) in [7, 11) is 1.59. The first-order chi connectivity index (χ1) is 17.0. The number of anilines is 2. The van der Waals surface area contributed by atoms with Crippen LogP contribution < -0.4 is 20.5 Å². The molecular formula is C26H25FN4O3S. The first kappa shape index (κ1) is 23.0. The Morgan fingerprint density at radius 1 is 1.23 bits per heavy atom. The standard InChI is InChI=1S/C26H25FN4O3S/c1-34-21-6-2-5-20(14-21)28-24(32)18-4-3-12-30(16-18)26-29-22-11-13-35-23(22)25(33)31(26)15-17-7-9-19(27)10-8-17/h2,5-11,13-14,18H,3-4,12,15-16H2,1H3,(H,28,32). The summed E-state index contributed by atoms with van der Waals surface area (Å²) in [6, 6.07) is 15.2. The summed E-state index contributed by atoms with van der Waals surface area (Å²) in [5.74, 6) is 0.542. The van der Waals surface area contributed by atoms with Crippen molar-refractivity contribution in [2.24, 2.45) is 5.92 Å². The molecule has 9 heteroatoms. The van der Waals surface area contributed by atoms with Gasteiger partial charge in [0.25, 0.3) is 5.56 Å². The zero-order valence-electron chi connectivity index (χ0n) is 19.2. The fraction of sp³-hybridized carbons (Fsp3) is 0.269. The second-order valence-electron chi connectivity index (χ2n) is 8.57. The van der Waals surface area contributed by atoms with E-state index in [9.17, 15) is 14.0 Å². The molecule has 1 saturated heterocycles. The molecule has 180 valence electrons. The Bertz CT molecular complexity index is 1420. The number of piperidine rings is 1. The molecule has 1 amide bonds. The first-order valence-corrected chi connectivity index (χ1v) is 12.3. The maximum Gasteiger partial charge on any atom is 0.273 e. The Hall–Kier alpha value is -3.72. The smallest absolute Gasteiger partial charge is 0.273 e. The molecule has 1 N–H and O–H groups in total. The maximum atomic E-state index is 13.4. The van der Waals surface area contributed by atoms with Crippen LogP contribution in [-0.4, -0.2) is 35.7 Å². The Labute approximate surface area is 205 Å². The van der Waals surface area contributed by atoms with Crippen LogP contribution in [0.5, 0.6) is 5.75 Å². The number of hydrogen-bond donors (Lipinski definition) is 1. The van der Waals surface area contributed by atoms with Gasteiger partial charge in [0.1, 0.15) is 16.3 Å². The number of carbonyl (C=O) groups excluding carboxylic acids is 1. The van der Waals surface area contributed by atoms with Crippen molar-refractivity contribution in [3.8, 4) is 5.75 Å². The third-order valence-electron chi connectivity index (χ3n) is 6.21. The van der Waals surface area contributed by atoms with Crippen LogP contribution in [0.25, 0.3) is 10.2 Å². The molecule has 1 aliphatic rings.